The summed E-state index contributed by atoms with van der Waals surface area (Å²) in [6.07, 6.45) is -2.89. The molecule has 24 heavy (non-hydrogen) atoms. The van der Waals surface area contributed by atoms with Gasteiger partial charge in [0, 0.05) is 37.7 Å². The van der Waals surface area contributed by atoms with E-state index in [9.17, 15) is 13.2 Å². The van der Waals surface area contributed by atoms with E-state index in [1.54, 1.807) is 18.3 Å². The lowest BCUT2D eigenvalue weighted by Crippen LogP contribution is -2.36. The van der Waals surface area contributed by atoms with Gasteiger partial charge in [-0.15, -0.1) is 13.2 Å². The summed E-state index contributed by atoms with van der Waals surface area (Å²) < 4.78 is 42.3. The van der Waals surface area contributed by atoms with E-state index in [0.717, 1.165) is 31.0 Å². The van der Waals surface area contributed by atoms with Crippen molar-refractivity contribution in [3.05, 3.63) is 42.1 Å². The van der Waals surface area contributed by atoms with Crippen molar-refractivity contribution in [2.24, 2.45) is 5.92 Å². The first-order valence-electron chi connectivity index (χ1n) is 7.75. The highest BCUT2D eigenvalue weighted by molar-refractivity contribution is 5.35. The van der Waals surface area contributed by atoms with Crippen molar-refractivity contribution in [2.45, 2.75) is 25.9 Å². The van der Waals surface area contributed by atoms with Crippen molar-refractivity contribution in [2.75, 3.05) is 18.4 Å². The van der Waals surface area contributed by atoms with Gasteiger partial charge < -0.3 is 15.4 Å². The topological polar surface area (TPSA) is 51.1 Å². The molecule has 0 amide bonds. The van der Waals surface area contributed by atoms with Crippen LogP contribution in [-0.2, 0) is 6.54 Å². The number of halogens is 3. The number of hydrogen-bond donors (Lipinski definition) is 2. The minimum atomic E-state index is -4.66. The molecule has 1 aliphatic rings. The molecule has 0 aliphatic carbocycles. The van der Waals surface area contributed by atoms with E-state index in [2.05, 4.69) is 20.5 Å². The first kappa shape index (κ1) is 16.6. The fourth-order valence-electron chi connectivity index (χ4n) is 2.74. The van der Waals surface area contributed by atoms with E-state index in [1.165, 1.54) is 12.1 Å². The van der Waals surface area contributed by atoms with Crippen LogP contribution in [0.15, 0.2) is 36.5 Å². The lowest BCUT2D eigenvalue weighted by Gasteiger charge is -2.26. The number of fused-ring (bicyclic) bond motifs is 1. The molecule has 2 atom stereocenters. The number of alkyl halides is 3. The van der Waals surface area contributed by atoms with Crippen molar-refractivity contribution in [3.63, 3.8) is 0 Å². The van der Waals surface area contributed by atoms with Crippen molar-refractivity contribution >= 4 is 5.82 Å². The zero-order valence-electron chi connectivity index (χ0n) is 13.2. The third-order valence-corrected chi connectivity index (χ3v) is 4.05. The molecule has 0 fully saturated rings. The second-order valence-electron chi connectivity index (χ2n) is 5.89. The zero-order chi connectivity index (χ0) is 17.2. The molecular formula is C16H19F3N4O. The molecule has 0 bridgehead atoms. The van der Waals surface area contributed by atoms with Gasteiger partial charge in [-0.3, -0.25) is 0 Å². The highest BCUT2D eigenvalue weighted by atomic mass is 19.4. The third kappa shape index (κ3) is 4.19. The summed E-state index contributed by atoms with van der Waals surface area (Å²) in [5.41, 5.74) is 0.910. The van der Waals surface area contributed by atoms with E-state index in [4.69, 9.17) is 0 Å². The molecule has 0 radical (unpaired) electrons. The van der Waals surface area contributed by atoms with Gasteiger partial charge in [0.05, 0.1) is 6.20 Å². The minimum absolute atomic E-state index is 0.0314. The molecule has 2 N–H and O–H groups in total. The van der Waals surface area contributed by atoms with Crippen LogP contribution in [0.1, 0.15) is 18.5 Å². The Hall–Kier alpha value is -2.22. The van der Waals surface area contributed by atoms with Crippen LogP contribution in [0.5, 0.6) is 5.75 Å². The number of nitrogens with zero attached hydrogens (tertiary/aromatic N) is 2. The Bertz CT molecular complexity index is 669. The second-order valence-corrected chi connectivity index (χ2v) is 5.89. The molecule has 0 unspecified atom stereocenters. The summed E-state index contributed by atoms with van der Waals surface area (Å²) in [4.78, 5) is 0. The fourth-order valence-corrected chi connectivity index (χ4v) is 2.74. The SMILES string of the molecule is C[C@@H](NC[C@H]1CNc2ccnn2C1)c1ccc(OC(F)(F)F)cc1. The maximum atomic E-state index is 12.2. The van der Waals surface area contributed by atoms with Crippen LogP contribution in [0.3, 0.4) is 0 Å². The van der Waals surface area contributed by atoms with E-state index in [1.807, 2.05) is 17.7 Å². The summed E-state index contributed by atoms with van der Waals surface area (Å²) >= 11 is 0. The van der Waals surface area contributed by atoms with Gasteiger partial charge in [-0.2, -0.15) is 5.10 Å². The smallest absolute Gasteiger partial charge is 0.406 e. The van der Waals surface area contributed by atoms with E-state index in [0.29, 0.717) is 5.92 Å². The quantitative estimate of drug-likeness (QED) is 0.878. The molecule has 130 valence electrons. The highest BCUT2D eigenvalue weighted by Gasteiger charge is 2.31. The van der Waals surface area contributed by atoms with Gasteiger partial charge in [0.25, 0.3) is 0 Å². The van der Waals surface area contributed by atoms with Crippen LogP contribution >= 0.6 is 0 Å². The Morgan fingerprint density at radius 1 is 1.33 bits per heavy atom. The summed E-state index contributed by atoms with van der Waals surface area (Å²) in [6.45, 7) is 4.47. The normalized spacial score (nSPS) is 18.6. The van der Waals surface area contributed by atoms with Crippen LogP contribution in [0.4, 0.5) is 19.0 Å². The molecule has 1 aliphatic heterocycles. The van der Waals surface area contributed by atoms with Gasteiger partial charge in [-0.05, 0) is 24.6 Å². The lowest BCUT2D eigenvalue weighted by atomic mass is 10.1. The van der Waals surface area contributed by atoms with Gasteiger partial charge in [0.1, 0.15) is 11.6 Å². The van der Waals surface area contributed by atoms with Crippen LogP contribution in [-0.4, -0.2) is 29.2 Å². The van der Waals surface area contributed by atoms with Gasteiger partial charge in [-0.1, -0.05) is 12.1 Å². The molecule has 8 heteroatoms. The minimum Gasteiger partial charge on any atom is -0.406 e. The first-order valence-corrected chi connectivity index (χ1v) is 7.75. The lowest BCUT2D eigenvalue weighted by molar-refractivity contribution is -0.274. The third-order valence-electron chi connectivity index (χ3n) is 4.05. The van der Waals surface area contributed by atoms with Crippen molar-refractivity contribution < 1.29 is 17.9 Å². The Balaban J connectivity index is 1.51. The van der Waals surface area contributed by atoms with Crippen LogP contribution in [0.2, 0.25) is 0 Å². The fraction of sp³-hybridized carbons (Fsp3) is 0.438. The number of ether oxygens (including phenoxy) is 1. The molecule has 0 spiro atoms. The molecule has 1 aromatic heterocycles. The van der Waals surface area contributed by atoms with E-state index < -0.39 is 6.36 Å². The number of anilines is 1. The molecule has 0 saturated carbocycles. The van der Waals surface area contributed by atoms with Gasteiger partial charge >= 0.3 is 6.36 Å². The monoisotopic (exact) mass is 340 g/mol. The summed E-state index contributed by atoms with van der Waals surface area (Å²) in [5, 5.41) is 11.0. The van der Waals surface area contributed by atoms with Gasteiger partial charge in [-0.25, -0.2) is 4.68 Å². The Morgan fingerprint density at radius 3 is 2.79 bits per heavy atom. The summed E-state index contributed by atoms with van der Waals surface area (Å²) in [7, 11) is 0. The van der Waals surface area contributed by atoms with Crippen molar-refractivity contribution in [1.29, 1.82) is 0 Å². The second kappa shape index (κ2) is 6.72. The largest absolute Gasteiger partial charge is 0.573 e. The van der Waals surface area contributed by atoms with Gasteiger partial charge in [0.15, 0.2) is 0 Å². The average molecular weight is 340 g/mol. The molecular weight excluding hydrogens is 321 g/mol. The molecule has 1 aromatic carbocycles. The number of benzene rings is 1. The number of rotatable bonds is 5. The van der Waals surface area contributed by atoms with Crippen LogP contribution < -0.4 is 15.4 Å². The highest BCUT2D eigenvalue weighted by Crippen LogP contribution is 2.24. The Labute approximate surface area is 137 Å². The van der Waals surface area contributed by atoms with Crippen molar-refractivity contribution in [1.82, 2.24) is 15.1 Å². The van der Waals surface area contributed by atoms with Gasteiger partial charge in [0.2, 0.25) is 0 Å². The maximum Gasteiger partial charge on any atom is 0.573 e. The Morgan fingerprint density at radius 2 is 2.08 bits per heavy atom. The van der Waals surface area contributed by atoms with Crippen LogP contribution in [0, 0.1) is 5.92 Å². The molecule has 3 rings (SSSR count). The molecule has 0 saturated heterocycles. The number of nitrogens with one attached hydrogen (secondary N) is 2. The standard InChI is InChI=1S/C16H19F3N4O/c1-11(13-2-4-14(5-3-13)24-16(17,18)19)20-8-12-9-21-15-6-7-22-23(15)10-12/h2-7,11-12,20-21H,8-10H2,1H3/t11-,12+/m1/s1. The summed E-state index contributed by atoms with van der Waals surface area (Å²) in [5.74, 6) is 1.22. The molecule has 5 nitrogen and oxygen atoms in total. The molecule has 2 heterocycles. The Kier molecular flexibility index (Phi) is 4.66. The van der Waals surface area contributed by atoms with E-state index in [-0.39, 0.29) is 11.8 Å². The van der Waals surface area contributed by atoms with Crippen LogP contribution in [0.25, 0.3) is 0 Å². The predicted molar refractivity (Wildman–Crippen MR) is 83.7 cm³/mol. The average Bonchev–Trinajstić information content (AvgIpc) is 2.99. The number of hydrogen-bond acceptors (Lipinski definition) is 4. The predicted octanol–water partition coefficient (Wildman–Crippen LogP) is 3.17. The number of aromatic nitrogens is 2. The first-order chi connectivity index (χ1) is 11.4. The van der Waals surface area contributed by atoms with E-state index >= 15 is 0 Å². The van der Waals surface area contributed by atoms with Crippen molar-refractivity contribution in [3.8, 4) is 5.75 Å². The zero-order valence-corrected chi connectivity index (χ0v) is 13.2. The maximum absolute atomic E-state index is 12.2. The summed E-state index contributed by atoms with van der Waals surface area (Å²) in [6, 6.07) is 7.92. The molecule has 2 aromatic rings.